The van der Waals surface area contributed by atoms with Gasteiger partial charge in [-0.2, -0.15) is 0 Å². The van der Waals surface area contributed by atoms with Gasteiger partial charge in [-0.3, -0.25) is 10.1 Å². The largest absolute Gasteiger partial charge is 0.507 e. The zero-order chi connectivity index (χ0) is 25.1. The van der Waals surface area contributed by atoms with Crippen LogP contribution in [0.25, 0.3) is 6.08 Å². The molecule has 3 N–H and O–H groups in total. The average Bonchev–Trinajstić information content (AvgIpc) is 3.22. The number of rotatable bonds is 13. The van der Waals surface area contributed by atoms with Gasteiger partial charge >= 0.3 is 11.7 Å². The van der Waals surface area contributed by atoms with E-state index in [4.69, 9.17) is 13.9 Å². The van der Waals surface area contributed by atoms with E-state index in [0.29, 0.717) is 18.6 Å². The number of Topliss-reactive ketones (excluding diaryl/α,β-unsaturated/α-hetero) is 1. The maximum absolute atomic E-state index is 12.8. The molecule has 0 fully saturated rings. The highest BCUT2D eigenvalue weighted by Crippen LogP contribution is 2.26. The molecule has 0 aliphatic rings. The number of ketones is 1. The molecular weight excluding hydrogens is 438 g/mol. The van der Waals surface area contributed by atoms with Crippen LogP contribution in [0.1, 0.15) is 92.9 Å². The van der Waals surface area contributed by atoms with Crippen LogP contribution in [0.15, 0.2) is 49.7 Å². The molecule has 0 spiro atoms. The van der Waals surface area contributed by atoms with Gasteiger partial charge in [0.05, 0.1) is 0 Å². The molecule has 1 unspecified atom stereocenters. The number of carbonyl (C=O) groups is 2. The van der Waals surface area contributed by atoms with Crippen LogP contribution < -0.4 is 10.9 Å². The summed E-state index contributed by atoms with van der Waals surface area (Å²) in [4.78, 5) is 35.7. The Labute approximate surface area is 199 Å². The maximum atomic E-state index is 12.8. The van der Waals surface area contributed by atoms with Crippen molar-refractivity contribution in [1.29, 1.82) is 0 Å². The molecule has 0 bridgehead atoms. The van der Waals surface area contributed by atoms with Gasteiger partial charge in [-0.15, -0.1) is 0 Å². The number of carbonyl (C=O) groups excluding carboxylic acids is 1. The van der Waals surface area contributed by atoms with Crippen LogP contribution in [-0.4, -0.2) is 22.1 Å². The van der Waals surface area contributed by atoms with Crippen LogP contribution >= 0.6 is 0 Å². The molecule has 8 heteroatoms. The van der Waals surface area contributed by atoms with Gasteiger partial charge in [0.1, 0.15) is 28.6 Å². The first-order valence-electron chi connectivity index (χ1n) is 11.6. The lowest BCUT2D eigenvalue weighted by Crippen LogP contribution is -2.16. The first-order valence-corrected chi connectivity index (χ1v) is 11.6. The molecule has 2 aromatic rings. The van der Waals surface area contributed by atoms with Crippen LogP contribution in [0.2, 0.25) is 0 Å². The Kier molecular flexibility index (Phi) is 10.4. The lowest BCUT2D eigenvalue weighted by molar-refractivity contribution is 0.102. The van der Waals surface area contributed by atoms with E-state index in [9.17, 15) is 19.5 Å². The zero-order valence-corrected chi connectivity index (χ0v) is 19.9. The number of amides is 1. The van der Waals surface area contributed by atoms with E-state index in [0.717, 1.165) is 31.4 Å². The van der Waals surface area contributed by atoms with E-state index >= 15 is 0 Å². The van der Waals surface area contributed by atoms with E-state index in [-0.39, 0.29) is 17.3 Å². The van der Waals surface area contributed by atoms with Crippen molar-refractivity contribution in [1.82, 2.24) is 5.32 Å². The molecule has 0 saturated heterocycles. The third-order valence-electron chi connectivity index (χ3n) is 5.43. The minimum atomic E-state index is -1.15. The van der Waals surface area contributed by atoms with Crippen molar-refractivity contribution in [2.75, 3.05) is 0 Å². The number of furan rings is 1. The second-order valence-corrected chi connectivity index (χ2v) is 8.30. The van der Waals surface area contributed by atoms with Gasteiger partial charge in [0.2, 0.25) is 0 Å². The normalized spacial score (nSPS) is 12.7. The van der Waals surface area contributed by atoms with Gasteiger partial charge in [0, 0.05) is 30.2 Å². The van der Waals surface area contributed by atoms with Crippen molar-refractivity contribution in [2.24, 2.45) is 0 Å². The number of hydrogen-bond donors (Lipinski definition) is 3. The predicted octanol–water partition coefficient (Wildman–Crippen LogP) is 6.01. The molecule has 34 heavy (non-hydrogen) atoms. The Balaban J connectivity index is 2.06. The molecule has 2 rings (SSSR count). The minimum absolute atomic E-state index is 0.229. The fraction of sp³-hybridized carbons (Fsp3) is 0.423. The summed E-state index contributed by atoms with van der Waals surface area (Å²) in [5.41, 5.74) is -1.08. The molecule has 8 nitrogen and oxygen atoms in total. The molecule has 184 valence electrons. The Morgan fingerprint density at radius 1 is 1.18 bits per heavy atom. The van der Waals surface area contributed by atoms with Crippen LogP contribution in [0.4, 0.5) is 4.79 Å². The van der Waals surface area contributed by atoms with Gasteiger partial charge < -0.3 is 19.0 Å². The van der Waals surface area contributed by atoms with Crippen molar-refractivity contribution in [3.05, 3.63) is 69.3 Å². The number of carboxylic acid groups (broad SMARTS) is 1. The molecule has 1 amide bonds. The lowest BCUT2D eigenvalue weighted by atomic mass is 10.00. The molecule has 2 aromatic heterocycles. The second-order valence-electron chi connectivity index (χ2n) is 8.30. The summed E-state index contributed by atoms with van der Waals surface area (Å²) in [7, 11) is 0. The zero-order valence-electron chi connectivity index (χ0n) is 19.9. The van der Waals surface area contributed by atoms with Crippen LogP contribution in [0.5, 0.6) is 5.75 Å². The summed E-state index contributed by atoms with van der Waals surface area (Å²) >= 11 is 0. The Hall–Kier alpha value is -3.55. The number of hydrogen-bond acceptors (Lipinski definition) is 6. The summed E-state index contributed by atoms with van der Waals surface area (Å²) in [6.07, 6.45) is 9.78. The predicted molar refractivity (Wildman–Crippen MR) is 129 cm³/mol. The van der Waals surface area contributed by atoms with E-state index in [1.54, 1.807) is 32.1 Å². The van der Waals surface area contributed by atoms with E-state index < -0.39 is 28.8 Å². The molecule has 0 radical (unpaired) electrons. The third-order valence-corrected chi connectivity index (χ3v) is 5.43. The van der Waals surface area contributed by atoms with E-state index in [1.165, 1.54) is 18.7 Å². The number of nitrogens with one attached hydrogen (secondary N) is 1. The second kappa shape index (κ2) is 13.2. The van der Waals surface area contributed by atoms with Gasteiger partial charge in [0.25, 0.3) is 0 Å². The number of aryl methyl sites for hydroxylation is 1. The van der Waals surface area contributed by atoms with Crippen molar-refractivity contribution < 1.29 is 28.6 Å². The minimum Gasteiger partial charge on any atom is -0.507 e. The summed E-state index contributed by atoms with van der Waals surface area (Å²) in [6.45, 7) is 5.52. The van der Waals surface area contributed by atoms with Crippen molar-refractivity contribution in [3.63, 3.8) is 0 Å². The van der Waals surface area contributed by atoms with Crippen molar-refractivity contribution in [2.45, 2.75) is 71.6 Å². The van der Waals surface area contributed by atoms with Gasteiger partial charge in [-0.1, -0.05) is 39.2 Å². The summed E-state index contributed by atoms with van der Waals surface area (Å²) in [5.74, 6) is 0.309. The SMILES string of the molecule is CCCCCCc1ccc(/C=C(\C)C(=O)c2c(O)cc(C(C)CC/C=C/NC(=O)O)oc2=O)o1. The first kappa shape index (κ1) is 26.7. The van der Waals surface area contributed by atoms with Crippen molar-refractivity contribution in [3.8, 4) is 5.75 Å². The fourth-order valence-electron chi connectivity index (χ4n) is 3.46. The number of aromatic hydroxyl groups is 1. The van der Waals surface area contributed by atoms with E-state index in [1.807, 2.05) is 6.07 Å². The van der Waals surface area contributed by atoms with Gasteiger partial charge in [-0.05, 0) is 44.4 Å². The maximum Gasteiger partial charge on any atom is 0.408 e. The summed E-state index contributed by atoms with van der Waals surface area (Å²) in [5, 5.41) is 21.0. The fourth-order valence-corrected chi connectivity index (χ4v) is 3.46. The monoisotopic (exact) mass is 471 g/mol. The summed E-state index contributed by atoms with van der Waals surface area (Å²) < 4.78 is 11.1. The molecule has 0 saturated carbocycles. The summed E-state index contributed by atoms with van der Waals surface area (Å²) in [6, 6.07) is 4.94. The number of allylic oxidation sites excluding steroid dienone is 2. The molecule has 2 heterocycles. The average molecular weight is 472 g/mol. The van der Waals surface area contributed by atoms with Crippen LogP contribution in [0, 0.1) is 0 Å². The quantitative estimate of drug-likeness (QED) is 0.185. The Bertz CT molecular complexity index is 1090. The highest BCUT2D eigenvalue weighted by atomic mass is 16.4. The highest BCUT2D eigenvalue weighted by molar-refractivity contribution is 6.11. The van der Waals surface area contributed by atoms with Crippen molar-refractivity contribution >= 4 is 18.0 Å². The molecule has 0 aromatic carbocycles. The van der Waals surface area contributed by atoms with Crippen LogP contribution in [-0.2, 0) is 6.42 Å². The smallest absolute Gasteiger partial charge is 0.408 e. The highest BCUT2D eigenvalue weighted by Gasteiger charge is 2.22. The standard InChI is InChI=1S/C26H33NO7/c1-4-5-6-7-11-19-12-13-20(33-19)15-18(3)24(29)23-21(28)16-22(34-25(23)30)17(2)10-8-9-14-27-26(31)32/h9,12-17,27-28H,4-8,10-11H2,1-3H3,(H,31,32)/b14-9+,18-15+. The Morgan fingerprint density at radius 2 is 1.94 bits per heavy atom. The third kappa shape index (κ3) is 8.10. The molecule has 0 aliphatic carbocycles. The lowest BCUT2D eigenvalue weighted by Gasteiger charge is -2.11. The molecule has 1 atom stereocenters. The van der Waals surface area contributed by atoms with Gasteiger partial charge in [0.15, 0.2) is 5.78 Å². The first-order chi connectivity index (χ1) is 16.2. The Morgan fingerprint density at radius 3 is 2.62 bits per heavy atom. The van der Waals surface area contributed by atoms with Crippen LogP contribution in [0.3, 0.4) is 0 Å². The van der Waals surface area contributed by atoms with Gasteiger partial charge in [-0.25, -0.2) is 9.59 Å². The number of unbranched alkanes of at least 4 members (excludes halogenated alkanes) is 3. The van der Waals surface area contributed by atoms with E-state index in [2.05, 4.69) is 12.2 Å². The topological polar surface area (TPSA) is 130 Å². The molecular formula is C26H33NO7. The molecule has 0 aliphatic heterocycles.